The highest BCUT2D eigenvalue weighted by Gasteiger charge is 2.06. The maximum absolute atomic E-state index is 5.08. The van der Waals surface area contributed by atoms with Crippen molar-refractivity contribution in [2.75, 3.05) is 10.6 Å². The first-order valence-electron chi connectivity index (χ1n) is 7.98. The molecule has 0 saturated carbocycles. The summed E-state index contributed by atoms with van der Waals surface area (Å²) in [7, 11) is 0. The van der Waals surface area contributed by atoms with Crippen LogP contribution in [0.1, 0.15) is 11.3 Å². The van der Waals surface area contributed by atoms with Crippen molar-refractivity contribution >= 4 is 28.2 Å². The van der Waals surface area contributed by atoms with E-state index < -0.39 is 0 Å². The molecule has 2 N–H and O–H groups in total. The summed E-state index contributed by atoms with van der Waals surface area (Å²) >= 11 is 0. The van der Waals surface area contributed by atoms with Gasteiger partial charge in [0, 0.05) is 29.2 Å². The molecular weight excluding hydrogens is 314 g/mol. The number of rotatable bonds is 5. The summed E-state index contributed by atoms with van der Waals surface area (Å²) in [6, 6.07) is 13.9. The molecule has 6 nitrogen and oxygen atoms in total. The number of hydrogen-bond acceptors (Lipinski definition) is 6. The van der Waals surface area contributed by atoms with Crippen LogP contribution in [0.2, 0.25) is 0 Å². The second-order valence-electron chi connectivity index (χ2n) is 5.74. The molecule has 0 aliphatic carbocycles. The molecule has 4 aromatic rings. The van der Waals surface area contributed by atoms with E-state index in [0.29, 0.717) is 12.2 Å². The van der Waals surface area contributed by atoms with Crippen molar-refractivity contribution in [3.05, 3.63) is 72.6 Å². The summed E-state index contributed by atoms with van der Waals surface area (Å²) in [5, 5.41) is 7.62. The number of pyridine rings is 1. The molecule has 6 heteroatoms. The van der Waals surface area contributed by atoms with Crippen LogP contribution in [0.25, 0.3) is 11.0 Å². The lowest BCUT2D eigenvalue weighted by Crippen LogP contribution is -2.00. The van der Waals surface area contributed by atoms with Crippen molar-refractivity contribution in [2.45, 2.75) is 13.5 Å². The summed E-state index contributed by atoms with van der Waals surface area (Å²) < 4.78 is 5.08. The predicted octanol–water partition coefficient (Wildman–Crippen LogP) is 4.28. The maximum Gasteiger partial charge on any atom is 0.164 e. The van der Waals surface area contributed by atoms with Gasteiger partial charge in [-0.05, 0) is 43.3 Å². The first kappa shape index (κ1) is 15.1. The molecule has 0 fully saturated rings. The van der Waals surface area contributed by atoms with Gasteiger partial charge in [0.15, 0.2) is 5.65 Å². The van der Waals surface area contributed by atoms with Crippen LogP contribution in [0.15, 0.2) is 65.7 Å². The van der Waals surface area contributed by atoms with Crippen LogP contribution in [0.4, 0.5) is 17.2 Å². The Morgan fingerprint density at radius 3 is 2.84 bits per heavy atom. The van der Waals surface area contributed by atoms with Crippen LogP contribution in [-0.2, 0) is 6.54 Å². The van der Waals surface area contributed by atoms with Gasteiger partial charge in [0.2, 0.25) is 0 Å². The lowest BCUT2D eigenvalue weighted by Gasteiger charge is -2.10. The molecule has 3 aromatic heterocycles. The van der Waals surface area contributed by atoms with Crippen LogP contribution in [0.3, 0.4) is 0 Å². The maximum atomic E-state index is 5.08. The van der Waals surface area contributed by atoms with E-state index in [0.717, 1.165) is 33.8 Å². The Labute approximate surface area is 145 Å². The fraction of sp³-hybridized carbons (Fsp3) is 0.105. The largest absolute Gasteiger partial charge is 0.472 e. The number of aromatic nitrogens is 3. The quantitative estimate of drug-likeness (QED) is 0.568. The molecule has 25 heavy (non-hydrogen) atoms. The zero-order valence-electron chi connectivity index (χ0n) is 13.7. The van der Waals surface area contributed by atoms with E-state index in [1.807, 2.05) is 49.4 Å². The minimum Gasteiger partial charge on any atom is -0.472 e. The van der Waals surface area contributed by atoms with Gasteiger partial charge in [-0.3, -0.25) is 0 Å². The van der Waals surface area contributed by atoms with Gasteiger partial charge >= 0.3 is 0 Å². The van der Waals surface area contributed by atoms with Crippen molar-refractivity contribution in [3.8, 4) is 0 Å². The normalized spacial score (nSPS) is 10.8. The third-order valence-electron chi connectivity index (χ3n) is 3.84. The van der Waals surface area contributed by atoms with Gasteiger partial charge in [-0.2, -0.15) is 0 Å². The van der Waals surface area contributed by atoms with Gasteiger partial charge < -0.3 is 15.1 Å². The van der Waals surface area contributed by atoms with Crippen LogP contribution < -0.4 is 10.6 Å². The van der Waals surface area contributed by atoms with Crippen LogP contribution in [0, 0.1) is 6.92 Å². The lowest BCUT2D eigenvalue weighted by atomic mass is 10.2. The minimum absolute atomic E-state index is 0.687. The molecule has 1 aromatic carbocycles. The number of nitrogens with one attached hydrogen (secondary N) is 2. The first-order valence-corrected chi connectivity index (χ1v) is 7.98. The van der Waals surface area contributed by atoms with Crippen molar-refractivity contribution in [1.82, 2.24) is 15.0 Å². The average Bonchev–Trinajstić information content (AvgIpc) is 3.14. The van der Waals surface area contributed by atoms with Crippen LogP contribution in [0.5, 0.6) is 0 Å². The SMILES string of the molecule is Cc1ccc2c(Nc3cccc(NCc4ccoc4)c3)ncnc2n1. The molecule has 3 heterocycles. The van der Waals surface area contributed by atoms with Gasteiger partial charge in [-0.15, -0.1) is 0 Å². The number of nitrogens with zero attached hydrogens (tertiary/aromatic N) is 3. The Bertz CT molecular complexity index is 998. The third-order valence-corrected chi connectivity index (χ3v) is 3.84. The molecule has 124 valence electrons. The first-order chi connectivity index (χ1) is 12.3. The smallest absolute Gasteiger partial charge is 0.164 e. The average molecular weight is 331 g/mol. The molecule has 4 rings (SSSR count). The van der Waals surface area contributed by atoms with E-state index in [9.17, 15) is 0 Å². The Kier molecular flexibility index (Phi) is 4.00. The monoisotopic (exact) mass is 331 g/mol. The van der Waals surface area contributed by atoms with E-state index in [-0.39, 0.29) is 0 Å². The molecule has 0 spiro atoms. The van der Waals surface area contributed by atoms with Crippen molar-refractivity contribution in [2.24, 2.45) is 0 Å². The topological polar surface area (TPSA) is 75.9 Å². The molecular formula is C19H17N5O. The molecule has 0 aliphatic rings. The highest BCUT2D eigenvalue weighted by molar-refractivity contribution is 5.88. The summed E-state index contributed by atoms with van der Waals surface area (Å²) in [5.74, 6) is 0.740. The highest BCUT2D eigenvalue weighted by Crippen LogP contribution is 2.24. The molecule has 0 saturated heterocycles. The van der Waals surface area contributed by atoms with Gasteiger partial charge in [0.1, 0.15) is 12.1 Å². The Morgan fingerprint density at radius 2 is 1.96 bits per heavy atom. The lowest BCUT2D eigenvalue weighted by molar-refractivity contribution is 0.564. The highest BCUT2D eigenvalue weighted by atomic mass is 16.3. The minimum atomic E-state index is 0.687. The zero-order chi connectivity index (χ0) is 17.1. The summed E-state index contributed by atoms with van der Waals surface area (Å²) in [5.41, 5.74) is 4.67. The van der Waals surface area contributed by atoms with E-state index in [2.05, 4.69) is 25.6 Å². The van der Waals surface area contributed by atoms with E-state index >= 15 is 0 Å². The van der Waals surface area contributed by atoms with E-state index in [1.54, 1.807) is 12.5 Å². The van der Waals surface area contributed by atoms with Gasteiger partial charge in [-0.25, -0.2) is 15.0 Å². The zero-order valence-corrected chi connectivity index (χ0v) is 13.7. The number of benzene rings is 1. The number of hydrogen-bond donors (Lipinski definition) is 2. The predicted molar refractivity (Wildman–Crippen MR) is 97.8 cm³/mol. The Balaban J connectivity index is 1.56. The van der Waals surface area contributed by atoms with Gasteiger partial charge in [0.25, 0.3) is 0 Å². The third kappa shape index (κ3) is 3.42. The number of anilines is 3. The fourth-order valence-electron chi connectivity index (χ4n) is 2.58. The standard InChI is InChI=1S/C19H17N5O/c1-13-5-6-17-18(23-13)21-12-22-19(17)24-16-4-2-3-15(9-16)20-10-14-7-8-25-11-14/h2-9,11-12,20H,10H2,1H3,(H,21,22,23,24). The van der Waals surface area contributed by atoms with E-state index in [4.69, 9.17) is 4.42 Å². The fourth-order valence-corrected chi connectivity index (χ4v) is 2.58. The van der Waals surface area contributed by atoms with Gasteiger partial charge in [-0.1, -0.05) is 6.07 Å². The van der Waals surface area contributed by atoms with Crippen LogP contribution >= 0.6 is 0 Å². The second kappa shape index (κ2) is 6.60. The molecule has 0 radical (unpaired) electrons. The molecule has 0 aliphatic heterocycles. The van der Waals surface area contributed by atoms with Crippen molar-refractivity contribution in [1.29, 1.82) is 0 Å². The summed E-state index contributed by atoms with van der Waals surface area (Å²) in [4.78, 5) is 13.0. The number of fused-ring (bicyclic) bond motifs is 1. The van der Waals surface area contributed by atoms with Crippen LogP contribution in [-0.4, -0.2) is 15.0 Å². The molecule has 0 bridgehead atoms. The Morgan fingerprint density at radius 1 is 1.04 bits per heavy atom. The molecule has 0 unspecified atom stereocenters. The van der Waals surface area contributed by atoms with Gasteiger partial charge in [0.05, 0.1) is 17.9 Å². The van der Waals surface area contributed by atoms with Crippen molar-refractivity contribution in [3.63, 3.8) is 0 Å². The van der Waals surface area contributed by atoms with E-state index in [1.165, 1.54) is 6.33 Å². The summed E-state index contributed by atoms with van der Waals surface area (Å²) in [6.07, 6.45) is 4.93. The second-order valence-corrected chi connectivity index (χ2v) is 5.74. The molecule has 0 atom stereocenters. The molecule has 0 amide bonds. The Hall–Kier alpha value is -3.41. The summed E-state index contributed by atoms with van der Waals surface area (Å²) in [6.45, 7) is 2.66. The van der Waals surface area contributed by atoms with Crippen molar-refractivity contribution < 1.29 is 4.42 Å². The number of aryl methyl sites for hydroxylation is 1. The number of furan rings is 1.